The maximum Gasteiger partial charge on any atom is 0.00699 e. The van der Waals surface area contributed by atoms with Crippen molar-refractivity contribution in [2.75, 3.05) is 0 Å². The lowest BCUT2D eigenvalue weighted by molar-refractivity contribution is 0.162. The molecule has 0 saturated heterocycles. The third-order valence-corrected chi connectivity index (χ3v) is 5.22. The van der Waals surface area contributed by atoms with E-state index >= 15 is 0 Å². The first-order valence-electron chi connectivity index (χ1n) is 8.00. The molecule has 1 N–H and O–H groups in total. The zero-order chi connectivity index (χ0) is 12.1. The summed E-state index contributed by atoms with van der Waals surface area (Å²) in [6, 6.07) is 1.56. The second kappa shape index (κ2) is 6.22. The van der Waals surface area contributed by atoms with Crippen LogP contribution in [-0.2, 0) is 0 Å². The molecule has 0 amide bonds. The monoisotopic (exact) mass is 237 g/mol. The van der Waals surface area contributed by atoms with E-state index in [4.69, 9.17) is 0 Å². The van der Waals surface area contributed by atoms with Gasteiger partial charge in [0.05, 0.1) is 0 Å². The van der Waals surface area contributed by atoms with E-state index in [9.17, 15) is 0 Å². The minimum absolute atomic E-state index is 0.734. The molecule has 2 saturated carbocycles. The molecule has 2 rings (SSSR count). The molecule has 0 radical (unpaired) electrons. The Labute approximate surface area is 108 Å². The molecule has 1 spiro atoms. The highest BCUT2D eigenvalue weighted by atomic mass is 14.9. The Balaban J connectivity index is 1.68. The van der Waals surface area contributed by atoms with E-state index in [1.165, 1.54) is 70.6 Å². The lowest BCUT2D eigenvalue weighted by atomic mass is 9.71. The summed E-state index contributed by atoms with van der Waals surface area (Å²) in [5.41, 5.74) is 0.796. The van der Waals surface area contributed by atoms with Crippen LogP contribution in [0.3, 0.4) is 0 Å². The molecule has 2 aliphatic rings. The first-order valence-corrected chi connectivity index (χ1v) is 8.00. The van der Waals surface area contributed by atoms with Crippen molar-refractivity contribution in [1.82, 2.24) is 5.32 Å². The van der Waals surface area contributed by atoms with Crippen molar-refractivity contribution in [3.05, 3.63) is 0 Å². The largest absolute Gasteiger partial charge is 0.312 e. The highest BCUT2D eigenvalue weighted by molar-refractivity contribution is 4.91. The SMILES string of the molecule is CCCCC(C)NC1CCC2(CCCC2)CC1. The van der Waals surface area contributed by atoms with Crippen molar-refractivity contribution in [1.29, 1.82) is 0 Å². The molecule has 0 bridgehead atoms. The molecule has 0 aromatic heterocycles. The summed E-state index contributed by atoms with van der Waals surface area (Å²) in [7, 11) is 0. The fourth-order valence-corrected chi connectivity index (χ4v) is 4.02. The maximum atomic E-state index is 3.86. The van der Waals surface area contributed by atoms with Gasteiger partial charge in [-0.25, -0.2) is 0 Å². The fraction of sp³-hybridized carbons (Fsp3) is 1.00. The average Bonchev–Trinajstić information content (AvgIpc) is 2.79. The molecule has 2 aliphatic carbocycles. The first-order chi connectivity index (χ1) is 8.24. The topological polar surface area (TPSA) is 12.0 Å². The van der Waals surface area contributed by atoms with Crippen LogP contribution in [0.5, 0.6) is 0 Å². The quantitative estimate of drug-likeness (QED) is 0.733. The Morgan fingerprint density at radius 1 is 1.12 bits per heavy atom. The van der Waals surface area contributed by atoms with Gasteiger partial charge in [-0.3, -0.25) is 0 Å². The number of nitrogens with one attached hydrogen (secondary N) is 1. The van der Waals surface area contributed by atoms with E-state index in [0.29, 0.717) is 0 Å². The average molecular weight is 237 g/mol. The Hall–Kier alpha value is -0.0400. The molecular weight excluding hydrogens is 206 g/mol. The van der Waals surface area contributed by atoms with E-state index in [1.54, 1.807) is 0 Å². The Morgan fingerprint density at radius 2 is 1.76 bits per heavy atom. The second-order valence-corrected chi connectivity index (χ2v) is 6.69. The van der Waals surface area contributed by atoms with E-state index in [0.717, 1.165) is 17.5 Å². The van der Waals surface area contributed by atoms with Crippen LogP contribution in [0.15, 0.2) is 0 Å². The summed E-state index contributed by atoms with van der Waals surface area (Å²) in [5.74, 6) is 0. The first kappa shape index (κ1) is 13.4. The van der Waals surface area contributed by atoms with Crippen molar-refractivity contribution in [2.24, 2.45) is 5.41 Å². The fourth-order valence-electron chi connectivity index (χ4n) is 4.02. The molecule has 1 heteroatoms. The van der Waals surface area contributed by atoms with Crippen LogP contribution in [-0.4, -0.2) is 12.1 Å². The minimum Gasteiger partial charge on any atom is -0.312 e. The van der Waals surface area contributed by atoms with Crippen molar-refractivity contribution in [3.63, 3.8) is 0 Å². The highest BCUT2D eigenvalue weighted by Gasteiger charge is 2.37. The second-order valence-electron chi connectivity index (χ2n) is 6.69. The summed E-state index contributed by atoms with van der Waals surface area (Å²) < 4.78 is 0. The summed E-state index contributed by atoms with van der Waals surface area (Å²) in [5, 5.41) is 3.86. The van der Waals surface area contributed by atoms with Crippen molar-refractivity contribution >= 4 is 0 Å². The van der Waals surface area contributed by atoms with Crippen LogP contribution in [0.4, 0.5) is 0 Å². The van der Waals surface area contributed by atoms with Gasteiger partial charge >= 0.3 is 0 Å². The van der Waals surface area contributed by atoms with Crippen molar-refractivity contribution in [3.8, 4) is 0 Å². The molecular formula is C16H31N. The molecule has 2 fully saturated rings. The van der Waals surface area contributed by atoms with Gasteiger partial charge in [0.2, 0.25) is 0 Å². The van der Waals surface area contributed by atoms with Gasteiger partial charge in [-0.15, -0.1) is 0 Å². The predicted molar refractivity (Wildman–Crippen MR) is 75.3 cm³/mol. The molecule has 100 valence electrons. The molecule has 1 nitrogen and oxygen atoms in total. The van der Waals surface area contributed by atoms with Gasteiger partial charge in [0.1, 0.15) is 0 Å². The Bertz CT molecular complexity index is 208. The maximum absolute atomic E-state index is 3.86. The summed E-state index contributed by atoms with van der Waals surface area (Å²) >= 11 is 0. The van der Waals surface area contributed by atoms with Crippen LogP contribution >= 0.6 is 0 Å². The van der Waals surface area contributed by atoms with E-state index in [1.807, 2.05) is 0 Å². The summed E-state index contributed by atoms with van der Waals surface area (Å²) in [6.45, 7) is 4.66. The number of hydrogen-bond acceptors (Lipinski definition) is 1. The Kier molecular flexibility index (Phi) is 4.90. The molecule has 0 aliphatic heterocycles. The number of hydrogen-bond donors (Lipinski definition) is 1. The van der Waals surface area contributed by atoms with Crippen molar-refractivity contribution in [2.45, 2.75) is 96.6 Å². The van der Waals surface area contributed by atoms with E-state index in [2.05, 4.69) is 19.2 Å². The van der Waals surface area contributed by atoms with Gasteiger partial charge in [-0.1, -0.05) is 32.6 Å². The molecule has 1 unspecified atom stereocenters. The molecule has 17 heavy (non-hydrogen) atoms. The zero-order valence-electron chi connectivity index (χ0n) is 11.9. The third kappa shape index (κ3) is 3.71. The molecule has 1 atom stereocenters. The van der Waals surface area contributed by atoms with Crippen LogP contribution in [0.2, 0.25) is 0 Å². The van der Waals surface area contributed by atoms with Crippen LogP contribution in [0, 0.1) is 5.41 Å². The zero-order valence-corrected chi connectivity index (χ0v) is 11.9. The van der Waals surface area contributed by atoms with Gasteiger partial charge in [0.15, 0.2) is 0 Å². The normalized spacial score (nSPS) is 26.5. The van der Waals surface area contributed by atoms with E-state index in [-0.39, 0.29) is 0 Å². The minimum atomic E-state index is 0.734. The van der Waals surface area contributed by atoms with Gasteiger partial charge in [-0.2, -0.15) is 0 Å². The lowest BCUT2D eigenvalue weighted by Crippen LogP contribution is -2.41. The lowest BCUT2D eigenvalue weighted by Gasteiger charge is -2.38. The predicted octanol–water partition coefficient (Wildman–Crippen LogP) is 4.66. The molecule has 0 aromatic rings. The summed E-state index contributed by atoms with van der Waals surface area (Å²) in [4.78, 5) is 0. The van der Waals surface area contributed by atoms with Gasteiger partial charge in [0.25, 0.3) is 0 Å². The standard InChI is InChI=1S/C16H31N/c1-3-4-7-14(2)17-15-8-12-16(13-9-15)10-5-6-11-16/h14-15,17H,3-13H2,1-2H3. The van der Waals surface area contributed by atoms with Gasteiger partial charge < -0.3 is 5.32 Å². The van der Waals surface area contributed by atoms with Gasteiger partial charge in [0, 0.05) is 12.1 Å². The Morgan fingerprint density at radius 3 is 2.35 bits per heavy atom. The highest BCUT2D eigenvalue weighted by Crippen LogP contribution is 2.48. The third-order valence-electron chi connectivity index (χ3n) is 5.22. The van der Waals surface area contributed by atoms with Crippen molar-refractivity contribution < 1.29 is 0 Å². The number of rotatable bonds is 5. The van der Waals surface area contributed by atoms with Crippen LogP contribution in [0.1, 0.15) is 84.5 Å². The van der Waals surface area contributed by atoms with Crippen LogP contribution < -0.4 is 5.32 Å². The van der Waals surface area contributed by atoms with Gasteiger partial charge in [-0.05, 0) is 57.3 Å². The van der Waals surface area contributed by atoms with Crippen LogP contribution in [0.25, 0.3) is 0 Å². The molecule has 0 aromatic carbocycles. The number of unbranched alkanes of at least 4 members (excludes halogenated alkanes) is 1. The van der Waals surface area contributed by atoms with E-state index < -0.39 is 0 Å². The summed E-state index contributed by atoms with van der Waals surface area (Å²) in [6.07, 6.45) is 16.0. The smallest absolute Gasteiger partial charge is 0.00699 e. The molecule has 0 heterocycles.